The largest absolute Gasteiger partial charge is 0.456 e. The SMILES string of the molecule is Cc1csc([C@H](C#N)C(=O)COC(=O)CN2C(=O)N[C@@]3(CCCC[C@@H]3C)C2=O)n1. The highest BCUT2D eigenvalue weighted by molar-refractivity contribution is 7.09. The molecule has 0 radical (unpaired) electrons. The van der Waals surface area contributed by atoms with Crippen molar-refractivity contribution in [3.63, 3.8) is 0 Å². The van der Waals surface area contributed by atoms with E-state index in [1.54, 1.807) is 12.3 Å². The summed E-state index contributed by atoms with van der Waals surface area (Å²) >= 11 is 1.18. The Hall–Kier alpha value is -2.80. The first-order valence-corrected chi connectivity index (χ1v) is 10.3. The Bertz CT molecular complexity index is 891. The fourth-order valence-corrected chi connectivity index (χ4v) is 4.68. The topological polar surface area (TPSA) is 129 Å². The van der Waals surface area contributed by atoms with Gasteiger partial charge in [0.05, 0.1) is 6.07 Å². The molecule has 0 aromatic carbocycles. The van der Waals surface area contributed by atoms with Crippen LogP contribution < -0.4 is 5.32 Å². The second-order valence-corrected chi connectivity index (χ2v) is 8.35. The second-order valence-electron chi connectivity index (χ2n) is 7.46. The molecule has 10 heteroatoms. The maximum Gasteiger partial charge on any atom is 0.326 e. The molecule has 1 N–H and O–H groups in total. The molecule has 2 heterocycles. The molecule has 1 aliphatic carbocycles. The normalized spacial score (nSPS) is 24.9. The number of nitriles is 1. The summed E-state index contributed by atoms with van der Waals surface area (Å²) in [6.45, 7) is 2.47. The van der Waals surface area contributed by atoms with E-state index in [9.17, 15) is 24.4 Å². The first-order chi connectivity index (χ1) is 13.8. The van der Waals surface area contributed by atoms with Gasteiger partial charge in [-0.05, 0) is 25.7 Å². The van der Waals surface area contributed by atoms with E-state index in [4.69, 9.17) is 4.74 Å². The van der Waals surface area contributed by atoms with Gasteiger partial charge in [0.2, 0.25) is 0 Å². The Labute approximate surface area is 172 Å². The van der Waals surface area contributed by atoms with Gasteiger partial charge >= 0.3 is 12.0 Å². The van der Waals surface area contributed by atoms with Crippen molar-refractivity contribution in [3.05, 3.63) is 16.1 Å². The number of imide groups is 1. The lowest BCUT2D eigenvalue weighted by Crippen LogP contribution is -2.54. The molecule has 1 saturated heterocycles. The van der Waals surface area contributed by atoms with E-state index in [0.29, 0.717) is 17.1 Å². The molecule has 29 heavy (non-hydrogen) atoms. The van der Waals surface area contributed by atoms with Crippen LogP contribution in [0.4, 0.5) is 4.79 Å². The number of amides is 3. The van der Waals surface area contributed by atoms with Crippen LogP contribution in [0.1, 0.15) is 49.2 Å². The van der Waals surface area contributed by atoms with Crippen LogP contribution >= 0.6 is 11.3 Å². The van der Waals surface area contributed by atoms with Gasteiger partial charge in [0.25, 0.3) is 5.91 Å². The number of hydrogen-bond donors (Lipinski definition) is 1. The monoisotopic (exact) mass is 418 g/mol. The van der Waals surface area contributed by atoms with Crippen LogP contribution in [0.15, 0.2) is 5.38 Å². The van der Waals surface area contributed by atoms with Crippen molar-refractivity contribution >= 4 is 35.0 Å². The van der Waals surface area contributed by atoms with Crippen molar-refractivity contribution in [2.24, 2.45) is 5.92 Å². The number of aryl methyl sites for hydroxylation is 1. The summed E-state index contributed by atoms with van der Waals surface area (Å²) < 4.78 is 4.94. The number of rotatable bonds is 6. The van der Waals surface area contributed by atoms with E-state index >= 15 is 0 Å². The zero-order chi connectivity index (χ0) is 21.2. The minimum absolute atomic E-state index is 0.0200. The number of ketones is 1. The number of Topliss-reactive ketones (excluding diaryl/α,β-unsaturated/α-hetero) is 1. The minimum Gasteiger partial charge on any atom is -0.456 e. The Balaban J connectivity index is 1.58. The standard InChI is InChI=1S/C19H22N4O5S/c1-11-5-3-4-6-19(11)17(26)23(18(27)22-19)8-15(25)28-9-14(24)13(7-20)16-21-12(2)10-29-16/h10-11,13H,3-6,8-9H2,1-2H3,(H,22,27)/t11-,13+,19+/m0/s1. The summed E-state index contributed by atoms with van der Waals surface area (Å²) in [4.78, 5) is 54.5. The molecule has 3 atom stereocenters. The summed E-state index contributed by atoms with van der Waals surface area (Å²) in [5.41, 5.74) is -0.264. The third-order valence-corrected chi connectivity index (χ3v) is 6.53. The number of carbonyl (C=O) groups is 4. The predicted octanol–water partition coefficient (Wildman–Crippen LogP) is 1.67. The molecule has 2 aliphatic rings. The van der Waals surface area contributed by atoms with Crippen LogP contribution in [0.5, 0.6) is 0 Å². The average molecular weight is 418 g/mol. The summed E-state index contributed by atoms with van der Waals surface area (Å²) in [7, 11) is 0. The van der Waals surface area contributed by atoms with E-state index in [0.717, 1.165) is 24.2 Å². The van der Waals surface area contributed by atoms with Crippen molar-refractivity contribution < 1.29 is 23.9 Å². The Kier molecular flexibility index (Phi) is 5.98. The van der Waals surface area contributed by atoms with Crippen molar-refractivity contribution in [1.29, 1.82) is 5.26 Å². The maximum absolute atomic E-state index is 12.8. The summed E-state index contributed by atoms with van der Waals surface area (Å²) in [6, 6.07) is 1.24. The van der Waals surface area contributed by atoms with Crippen molar-refractivity contribution in [1.82, 2.24) is 15.2 Å². The number of nitrogens with zero attached hydrogens (tertiary/aromatic N) is 3. The summed E-state index contributed by atoms with van der Waals surface area (Å²) in [5.74, 6) is -3.05. The summed E-state index contributed by atoms with van der Waals surface area (Å²) in [6.07, 6.45) is 3.19. The van der Waals surface area contributed by atoms with Crippen LogP contribution in [0.2, 0.25) is 0 Å². The van der Waals surface area contributed by atoms with Crippen LogP contribution in [0.25, 0.3) is 0 Å². The van der Waals surface area contributed by atoms with Gasteiger partial charge in [-0.25, -0.2) is 9.78 Å². The molecule has 1 aliphatic heterocycles. The third-order valence-electron chi connectivity index (χ3n) is 5.50. The van der Waals surface area contributed by atoms with Gasteiger partial charge in [-0.15, -0.1) is 11.3 Å². The lowest BCUT2D eigenvalue weighted by Gasteiger charge is -2.36. The Morgan fingerprint density at radius 1 is 1.48 bits per heavy atom. The number of nitrogens with one attached hydrogen (secondary N) is 1. The lowest BCUT2D eigenvalue weighted by molar-refractivity contribution is -0.151. The van der Waals surface area contributed by atoms with E-state index in [1.807, 2.05) is 13.0 Å². The number of hydrogen-bond acceptors (Lipinski definition) is 8. The molecule has 154 valence electrons. The summed E-state index contributed by atoms with van der Waals surface area (Å²) in [5, 5.41) is 14.1. The maximum atomic E-state index is 12.8. The lowest BCUT2D eigenvalue weighted by atomic mass is 9.73. The van der Waals surface area contributed by atoms with Crippen LogP contribution in [-0.2, 0) is 19.1 Å². The van der Waals surface area contributed by atoms with E-state index in [1.165, 1.54) is 11.3 Å². The van der Waals surface area contributed by atoms with E-state index < -0.39 is 48.3 Å². The molecule has 1 aromatic heterocycles. The van der Waals surface area contributed by atoms with Crippen LogP contribution in [0, 0.1) is 24.2 Å². The molecular weight excluding hydrogens is 396 g/mol. The Morgan fingerprint density at radius 2 is 2.24 bits per heavy atom. The highest BCUT2D eigenvalue weighted by Gasteiger charge is 2.55. The van der Waals surface area contributed by atoms with E-state index in [-0.39, 0.29) is 5.92 Å². The first-order valence-electron chi connectivity index (χ1n) is 9.42. The molecule has 3 rings (SSSR count). The third kappa shape index (κ3) is 4.00. The van der Waals surface area contributed by atoms with Crippen LogP contribution in [-0.4, -0.2) is 52.3 Å². The highest BCUT2D eigenvalue weighted by Crippen LogP contribution is 2.38. The fourth-order valence-electron chi connectivity index (χ4n) is 3.82. The second kappa shape index (κ2) is 8.29. The van der Waals surface area contributed by atoms with Crippen molar-refractivity contribution in [3.8, 4) is 6.07 Å². The quantitative estimate of drug-likeness (QED) is 0.549. The van der Waals surface area contributed by atoms with Gasteiger partial charge in [-0.2, -0.15) is 5.26 Å². The first kappa shape index (κ1) is 20.9. The Morgan fingerprint density at radius 3 is 2.86 bits per heavy atom. The van der Waals surface area contributed by atoms with Crippen LogP contribution in [0.3, 0.4) is 0 Å². The van der Waals surface area contributed by atoms with Gasteiger partial charge in [0, 0.05) is 11.1 Å². The van der Waals surface area contributed by atoms with Crippen molar-refractivity contribution in [2.45, 2.75) is 51.0 Å². The van der Waals surface area contributed by atoms with Crippen molar-refractivity contribution in [2.75, 3.05) is 13.2 Å². The van der Waals surface area contributed by atoms with Gasteiger partial charge in [0.15, 0.2) is 18.3 Å². The minimum atomic E-state index is -1.12. The predicted molar refractivity (Wildman–Crippen MR) is 102 cm³/mol. The molecule has 1 aromatic rings. The fraction of sp³-hybridized carbons (Fsp3) is 0.579. The van der Waals surface area contributed by atoms with E-state index in [2.05, 4.69) is 10.3 Å². The number of carbonyl (C=O) groups excluding carboxylic acids is 4. The highest BCUT2D eigenvalue weighted by atomic mass is 32.1. The van der Waals surface area contributed by atoms with Gasteiger partial charge in [0.1, 0.15) is 17.1 Å². The number of ether oxygens (including phenoxy) is 1. The number of urea groups is 1. The number of aromatic nitrogens is 1. The molecule has 1 spiro atoms. The zero-order valence-corrected chi connectivity index (χ0v) is 17.1. The molecule has 2 fully saturated rings. The number of thiazole rings is 1. The average Bonchev–Trinajstić information content (AvgIpc) is 3.20. The zero-order valence-electron chi connectivity index (χ0n) is 16.3. The van der Waals surface area contributed by atoms with Gasteiger partial charge in [-0.3, -0.25) is 19.3 Å². The molecule has 9 nitrogen and oxygen atoms in total. The van der Waals surface area contributed by atoms with Gasteiger partial charge in [-0.1, -0.05) is 19.8 Å². The molecule has 3 amide bonds. The molecule has 0 bridgehead atoms. The smallest absolute Gasteiger partial charge is 0.326 e. The molecule has 1 saturated carbocycles. The number of esters is 1. The molecular formula is C19H22N4O5S. The molecule has 0 unspecified atom stereocenters. The van der Waals surface area contributed by atoms with Gasteiger partial charge < -0.3 is 10.1 Å².